The third-order valence-corrected chi connectivity index (χ3v) is 8.39. The maximum atomic E-state index is 14.2. The van der Waals surface area contributed by atoms with Gasteiger partial charge < -0.3 is 14.6 Å². The summed E-state index contributed by atoms with van der Waals surface area (Å²) >= 11 is 0. The molecule has 1 saturated heterocycles. The Morgan fingerprint density at radius 3 is 1.68 bits per heavy atom. The molecule has 1 aliphatic heterocycles. The van der Waals surface area contributed by atoms with Gasteiger partial charge in [0.25, 0.3) is 0 Å². The molecular weight excluding hydrogens is 548 g/mol. The highest BCUT2D eigenvalue weighted by Gasteiger charge is 2.51. The first-order valence-electron chi connectivity index (χ1n) is 15.4. The van der Waals surface area contributed by atoms with Crippen molar-refractivity contribution < 1.29 is 19.4 Å². The van der Waals surface area contributed by atoms with Gasteiger partial charge in [-0.1, -0.05) is 121 Å². The van der Waals surface area contributed by atoms with Crippen LogP contribution in [0.3, 0.4) is 0 Å². The molecule has 3 atom stereocenters. The van der Waals surface area contributed by atoms with Crippen LogP contribution in [-0.2, 0) is 29.0 Å². The summed E-state index contributed by atoms with van der Waals surface area (Å²) in [4.78, 5) is 18.2. The van der Waals surface area contributed by atoms with Crippen LogP contribution >= 0.6 is 0 Å². The maximum Gasteiger partial charge on any atom is 0.413 e. The van der Waals surface area contributed by atoms with Gasteiger partial charge in [0.1, 0.15) is 17.9 Å². The SMILES string of the molecule is CC1(C)COC(C)(C)N1C(=O)O[C@H]([C@@H](O)c1ccccc1)[C@H](Cc1ccccc1)N(Cc1ccccc1)Cc1ccccc1. The number of aliphatic hydroxyl groups is 1. The van der Waals surface area contributed by atoms with Gasteiger partial charge in [0.2, 0.25) is 0 Å². The number of hydrogen-bond acceptors (Lipinski definition) is 5. The van der Waals surface area contributed by atoms with Gasteiger partial charge in [0.15, 0.2) is 0 Å². The zero-order valence-corrected chi connectivity index (χ0v) is 26.2. The van der Waals surface area contributed by atoms with E-state index in [1.54, 1.807) is 4.90 Å². The molecule has 0 radical (unpaired) electrons. The van der Waals surface area contributed by atoms with E-state index in [-0.39, 0.29) is 6.04 Å². The number of hydrogen-bond donors (Lipinski definition) is 1. The van der Waals surface area contributed by atoms with Crippen molar-refractivity contribution in [1.29, 1.82) is 0 Å². The van der Waals surface area contributed by atoms with E-state index in [9.17, 15) is 9.90 Å². The first-order chi connectivity index (χ1) is 21.1. The van der Waals surface area contributed by atoms with Crippen molar-refractivity contribution in [3.63, 3.8) is 0 Å². The van der Waals surface area contributed by atoms with Gasteiger partial charge in [-0.2, -0.15) is 0 Å². The monoisotopic (exact) mass is 592 g/mol. The minimum Gasteiger partial charge on any atom is -0.441 e. The van der Waals surface area contributed by atoms with E-state index < -0.39 is 29.6 Å². The Morgan fingerprint density at radius 2 is 1.23 bits per heavy atom. The Hall–Kier alpha value is -3.97. The first-order valence-corrected chi connectivity index (χ1v) is 15.4. The summed E-state index contributed by atoms with van der Waals surface area (Å²) in [7, 11) is 0. The zero-order chi connectivity index (χ0) is 31.2. The quantitative estimate of drug-likeness (QED) is 0.197. The standard InChI is InChI=1S/C38H44N2O4/c1-37(2)28-43-38(3,4)40(37)36(42)44-35(34(41)32-23-15-8-16-24-32)33(25-29-17-9-5-10-18-29)39(26-30-19-11-6-12-20-30)27-31-21-13-7-14-22-31/h5-24,33-35,41H,25-28H2,1-4H3/t33-,34-,35-/m0/s1. The Balaban J connectivity index is 1.61. The highest BCUT2D eigenvalue weighted by Crippen LogP contribution is 2.37. The van der Waals surface area contributed by atoms with E-state index in [1.807, 2.05) is 113 Å². The molecule has 0 bridgehead atoms. The second kappa shape index (κ2) is 13.8. The second-order valence-corrected chi connectivity index (χ2v) is 12.7. The van der Waals surface area contributed by atoms with Gasteiger partial charge in [0.05, 0.1) is 18.2 Å². The molecule has 6 heteroatoms. The molecule has 6 nitrogen and oxygen atoms in total. The summed E-state index contributed by atoms with van der Waals surface area (Å²) in [6.45, 7) is 9.31. The molecule has 1 aliphatic rings. The molecule has 1 N–H and O–H groups in total. The Labute approximate surface area is 261 Å². The number of rotatable bonds is 11. The third kappa shape index (κ3) is 7.56. The molecule has 0 saturated carbocycles. The lowest BCUT2D eigenvalue weighted by atomic mass is 9.91. The highest BCUT2D eigenvalue weighted by atomic mass is 16.6. The highest BCUT2D eigenvalue weighted by molar-refractivity contribution is 5.70. The maximum absolute atomic E-state index is 14.2. The van der Waals surface area contributed by atoms with Crippen LogP contribution in [0.4, 0.5) is 4.79 Å². The van der Waals surface area contributed by atoms with Crippen LogP contribution in [0.25, 0.3) is 0 Å². The second-order valence-electron chi connectivity index (χ2n) is 12.7. The molecule has 5 rings (SSSR count). The number of aliphatic hydroxyl groups excluding tert-OH is 1. The van der Waals surface area contributed by atoms with Crippen molar-refractivity contribution in [2.45, 2.75) is 76.7 Å². The topological polar surface area (TPSA) is 62.2 Å². The van der Waals surface area contributed by atoms with E-state index in [2.05, 4.69) is 41.3 Å². The van der Waals surface area contributed by atoms with Crippen LogP contribution in [0.2, 0.25) is 0 Å². The average molecular weight is 593 g/mol. The number of amides is 1. The number of carbonyl (C=O) groups is 1. The largest absolute Gasteiger partial charge is 0.441 e. The molecule has 44 heavy (non-hydrogen) atoms. The van der Waals surface area contributed by atoms with Crippen LogP contribution < -0.4 is 0 Å². The summed E-state index contributed by atoms with van der Waals surface area (Å²) in [5.41, 5.74) is 2.62. The Morgan fingerprint density at radius 1 is 0.773 bits per heavy atom. The first kappa shape index (κ1) is 31.5. The molecule has 1 fully saturated rings. The Kier molecular flexibility index (Phi) is 9.84. The third-order valence-electron chi connectivity index (χ3n) is 8.39. The fraction of sp³-hybridized carbons (Fsp3) is 0.342. The van der Waals surface area contributed by atoms with Gasteiger partial charge in [-0.05, 0) is 56.4 Å². The number of benzene rings is 4. The van der Waals surface area contributed by atoms with E-state index >= 15 is 0 Å². The zero-order valence-electron chi connectivity index (χ0n) is 26.2. The van der Waals surface area contributed by atoms with Crippen molar-refractivity contribution in [3.8, 4) is 0 Å². The molecule has 1 heterocycles. The lowest BCUT2D eigenvalue weighted by Gasteiger charge is -2.42. The van der Waals surface area contributed by atoms with Crippen molar-refractivity contribution in [3.05, 3.63) is 144 Å². The average Bonchev–Trinajstić information content (AvgIpc) is 3.26. The fourth-order valence-electron chi connectivity index (χ4n) is 6.28. The predicted octanol–water partition coefficient (Wildman–Crippen LogP) is 7.39. The van der Waals surface area contributed by atoms with Crippen molar-refractivity contribution in [1.82, 2.24) is 9.80 Å². The lowest BCUT2D eigenvalue weighted by Crippen LogP contribution is -2.56. The smallest absolute Gasteiger partial charge is 0.413 e. The van der Waals surface area contributed by atoms with E-state index in [0.717, 1.165) is 16.7 Å². The summed E-state index contributed by atoms with van der Waals surface area (Å²) in [5.74, 6) is 0. The molecule has 1 amide bonds. The fourth-order valence-corrected chi connectivity index (χ4v) is 6.28. The summed E-state index contributed by atoms with van der Waals surface area (Å²) in [6.07, 6.45) is -1.91. The van der Waals surface area contributed by atoms with Crippen molar-refractivity contribution in [2.75, 3.05) is 6.61 Å². The van der Waals surface area contributed by atoms with E-state index in [0.29, 0.717) is 31.7 Å². The van der Waals surface area contributed by atoms with Gasteiger partial charge in [0, 0.05) is 13.1 Å². The molecule has 4 aromatic carbocycles. The van der Waals surface area contributed by atoms with E-state index in [4.69, 9.17) is 9.47 Å². The van der Waals surface area contributed by atoms with Crippen molar-refractivity contribution >= 4 is 6.09 Å². The van der Waals surface area contributed by atoms with Gasteiger partial charge in [-0.25, -0.2) is 4.79 Å². The molecule has 0 aromatic heterocycles. The van der Waals surface area contributed by atoms with Crippen LogP contribution in [0, 0.1) is 0 Å². The van der Waals surface area contributed by atoms with Crippen molar-refractivity contribution in [2.24, 2.45) is 0 Å². The van der Waals surface area contributed by atoms with Gasteiger partial charge in [-0.3, -0.25) is 9.80 Å². The molecule has 0 unspecified atom stereocenters. The molecule has 4 aromatic rings. The molecule has 0 aliphatic carbocycles. The van der Waals surface area contributed by atoms with E-state index in [1.165, 1.54) is 0 Å². The molecule has 0 spiro atoms. The summed E-state index contributed by atoms with van der Waals surface area (Å²) in [5, 5.41) is 12.1. The van der Waals surface area contributed by atoms with Crippen LogP contribution in [0.5, 0.6) is 0 Å². The number of carbonyl (C=O) groups excluding carboxylic acids is 1. The molecule has 230 valence electrons. The summed E-state index contributed by atoms with van der Waals surface area (Å²) < 4.78 is 12.6. The number of ether oxygens (including phenoxy) is 2. The minimum absolute atomic E-state index is 0.383. The summed E-state index contributed by atoms with van der Waals surface area (Å²) in [6, 6.07) is 39.9. The Bertz CT molecular complexity index is 1400. The van der Waals surface area contributed by atoms with Crippen LogP contribution in [0.1, 0.15) is 56.1 Å². The normalized spacial score (nSPS) is 17.6. The van der Waals surface area contributed by atoms with Gasteiger partial charge >= 0.3 is 6.09 Å². The lowest BCUT2D eigenvalue weighted by molar-refractivity contribution is -0.0927. The molecular formula is C38H44N2O4. The van der Waals surface area contributed by atoms with Crippen LogP contribution in [-0.4, -0.2) is 51.0 Å². The minimum atomic E-state index is -1.07. The van der Waals surface area contributed by atoms with Crippen LogP contribution in [0.15, 0.2) is 121 Å². The number of nitrogens with zero attached hydrogens (tertiary/aromatic N) is 2. The van der Waals surface area contributed by atoms with Gasteiger partial charge in [-0.15, -0.1) is 0 Å². The predicted molar refractivity (Wildman–Crippen MR) is 174 cm³/mol.